The Hall–Kier alpha value is -4.93. The number of benzene rings is 4. The molecule has 1 saturated heterocycles. The van der Waals surface area contributed by atoms with Crippen LogP contribution in [-0.4, -0.2) is 75.0 Å². The molecule has 10 nitrogen and oxygen atoms in total. The summed E-state index contributed by atoms with van der Waals surface area (Å²) in [6.45, 7) is 4.31. The van der Waals surface area contributed by atoms with Crippen LogP contribution in [0.3, 0.4) is 0 Å². The molecule has 1 fully saturated rings. The van der Waals surface area contributed by atoms with Crippen LogP contribution in [-0.2, 0) is 30.8 Å². The van der Waals surface area contributed by atoms with E-state index in [4.69, 9.17) is 28.4 Å². The highest BCUT2D eigenvalue weighted by Crippen LogP contribution is 2.58. The molecule has 1 N–H and O–H groups in total. The van der Waals surface area contributed by atoms with Crippen LogP contribution >= 0.6 is 0 Å². The van der Waals surface area contributed by atoms with Gasteiger partial charge in [-0.05, 0) is 38.4 Å². The summed E-state index contributed by atoms with van der Waals surface area (Å²) in [6, 6.07) is 18.1. The minimum Gasteiger partial charge on any atom is -0.492 e. The lowest BCUT2D eigenvalue weighted by Gasteiger charge is -2.57. The molecule has 3 aliphatic heterocycles. The van der Waals surface area contributed by atoms with Gasteiger partial charge in [-0.1, -0.05) is 60.7 Å². The maximum absolute atomic E-state index is 14.8. The number of piperazine rings is 1. The first-order valence-electron chi connectivity index (χ1n) is 17.3. The van der Waals surface area contributed by atoms with Crippen LogP contribution in [0.15, 0.2) is 60.7 Å². The van der Waals surface area contributed by atoms with Crippen molar-refractivity contribution in [2.75, 3.05) is 42.1 Å². The normalized spacial score (nSPS) is 20.5. The summed E-state index contributed by atoms with van der Waals surface area (Å²) in [6.07, 6.45) is 0.837. The fourth-order valence-electron chi connectivity index (χ4n) is 8.65. The first-order valence-corrected chi connectivity index (χ1v) is 17.3. The van der Waals surface area contributed by atoms with Crippen molar-refractivity contribution in [3.05, 3.63) is 105 Å². The average molecular weight is 695 g/mol. The molecule has 4 aromatic carbocycles. The Bertz CT molecular complexity index is 1930. The van der Waals surface area contributed by atoms with Crippen molar-refractivity contribution in [3.8, 4) is 34.5 Å². The number of ether oxygens (including phenoxy) is 6. The molecule has 3 heterocycles. The Morgan fingerprint density at radius 2 is 1.14 bits per heavy atom. The van der Waals surface area contributed by atoms with E-state index in [9.17, 15) is 9.90 Å². The largest absolute Gasteiger partial charge is 0.492 e. The number of aliphatic hydroxyl groups excluding tert-OH is 1. The Labute approximate surface area is 299 Å². The predicted molar refractivity (Wildman–Crippen MR) is 192 cm³/mol. The summed E-state index contributed by atoms with van der Waals surface area (Å²) in [7, 11) is 8.49. The molecule has 7 rings (SSSR count). The highest BCUT2D eigenvalue weighted by Gasteiger charge is 2.56. The van der Waals surface area contributed by atoms with Gasteiger partial charge in [0.25, 0.3) is 0 Å². The van der Waals surface area contributed by atoms with Crippen LogP contribution in [0.5, 0.6) is 34.5 Å². The van der Waals surface area contributed by atoms with E-state index in [1.54, 1.807) is 28.4 Å². The summed E-state index contributed by atoms with van der Waals surface area (Å²) in [5.41, 5.74) is 7.12. The maximum Gasteiger partial charge on any atom is 0.241 e. The number of hydrogen-bond acceptors (Lipinski definition) is 9. The van der Waals surface area contributed by atoms with Gasteiger partial charge in [0, 0.05) is 39.8 Å². The lowest BCUT2D eigenvalue weighted by molar-refractivity contribution is -0.158. The molecule has 0 radical (unpaired) electrons. The molecule has 0 unspecified atom stereocenters. The average Bonchev–Trinajstić information content (AvgIpc) is 3.15. The minimum atomic E-state index is -0.706. The SMILES string of the molecule is COc1c(C)c(OCc2ccccc2)c2c(c1OC)[C@H]1[C@H]3Cc4c(OCc5ccccc5)c(C)c(OC)c(OC)c4[C@H](CO)N3C(=O)[C@@H](C2)N1C. The van der Waals surface area contributed by atoms with Gasteiger partial charge in [-0.15, -0.1) is 0 Å². The van der Waals surface area contributed by atoms with Crippen LogP contribution in [0.1, 0.15) is 56.6 Å². The topological polar surface area (TPSA) is 99.2 Å². The Balaban J connectivity index is 1.42. The van der Waals surface area contributed by atoms with Crippen LogP contribution in [0.2, 0.25) is 0 Å². The van der Waals surface area contributed by atoms with Gasteiger partial charge in [-0.25, -0.2) is 0 Å². The van der Waals surface area contributed by atoms with E-state index >= 15 is 0 Å². The van der Waals surface area contributed by atoms with Gasteiger partial charge in [-0.3, -0.25) is 9.69 Å². The van der Waals surface area contributed by atoms with E-state index < -0.39 is 18.1 Å². The van der Waals surface area contributed by atoms with Crippen molar-refractivity contribution < 1.29 is 38.3 Å². The second-order valence-corrected chi connectivity index (χ2v) is 13.4. The van der Waals surface area contributed by atoms with E-state index in [0.29, 0.717) is 66.1 Å². The van der Waals surface area contributed by atoms with Crippen molar-refractivity contribution >= 4 is 5.91 Å². The molecule has 1 amide bonds. The van der Waals surface area contributed by atoms with E-state index in [1.165, 1.54) is 0 Å². The summed E-state index contributed by atoms with van der Waals surface area (Å²) in [5.74, 6) is 3.54. The van der Waals surface area contributed by atoms with Crippen LogP contribution in [0.25, 0.3) is 0 Å². The molecule has 0 aliphatic carbocycles. The predicted octanol–water partition coefficient (Wildman–Crippen LogP) is 5.89. The third-order valence-electron chi connectivity index (χ3n) is 10.9. The van der Waals surface area contributed by atoms with E-state index in [2.05, 4.69) is 4.90 Å². The zero-order chi connectivity index (χ0) is 36.0. The van der Waals surface area contributed by atoms with E-state index in [0.717, 1.165) is 38.9 Å². The molecule has 4 atom stereocenters. The fraction of sp³-hybridized carbons (Fsp3) is 0.390. The monoisotopic (exact) mass is 694 g/mol. The number of hydrogen-bond donors (Lipinski definition) is 1. The standard InChI is InChI=1S/C41H46N2O8/c1-23-35(50-21-25-14-10-8-11-15-25)27-18-29-34-33-28(36(24(2)38(47-5)40(33)49-7)51-22-26-16-12-9-13-17-26)19-30(42(34)3)41(45)43(29)31(20-44)32(27)39(48-6)37(23)46-4/h8-17,29-31,34,44H,18-22H2,1-7H3/t29-,30-,31+,34-/m1/s1. The second kappa shape index (κ2) is 14.0. The second-order valence-electron chi connectivity index (χ2n) is 13.4. The molecule has 51 heavy (non-hydrogen) atoms. The summed E-state index contributed by atoms with van der Waals surface area (Å²) < 4.78 is 37.4. The van der Waals surface area contributed by atoms with E-state index in [1.807, 2.05) is 86.5 Å². The molecule has 3 aliphatic rings. The first kappa shape index (κ1) is 34.5. The van der Waals surface area contributed by atoms with Gasteiger partial charge >= 0.3 is 0 Å². The zero-order valence-corrected chi connectivity index (χ0v) is 30.3. The third-order valence-corrected chi connectivity index (χ3v) is 10.9. The smallest absolute Gasteiger partial charge is 0.241 e. The molecule has 10 heteroatoms. The lowest BCUT2D eigenvalue weighted by atomic mass is 9.73. The molecule has 0 aromatic heterocycles. The number of nitrogens with zero attached hydrogens (tertiary/aromatic N) is 2. The summed E-state index contributed by atoms with van der Waals surface area (Å²) in [4.78, 5) is 18.8. The number of rotatable bonds is 11. The number of carbonyl (C=O) groups excluding carboxylic acids is 1. The van der Waals surface area contributed by atoms with Crippen LogP contribution in [0, 0.1) is 13.8 Å². The van der Waals surface area contributed by atoms with Crippen molar-refractivity contribution in [1.82, 2.24) is 9.80 Å². The molecular formula is C41H46N2O8. The lowest BCUT2D eigenvalue weighted by Crippen LogP contribution is -2.67. The quantitative estimate of drug-likeness (QED) is 0.206. The van der Waals surface area contributed by atoms with Gasteiger partial charge in [-0.2, -0.15) is 0 Å². The van der Waals surface area contributed by atoms with Crippen molar-refractivity contribution in [3.63, 3.8) is 0 Å². The highest BCUT2D eigenvalue weighted by atomic mass is 16.5. The molecule has 0 spiro atoms. The molecule has 268 valence electrons. The number of aliphatic hydroxyl groups is 1. The highest BCUT2D eigenvalue weighted by molar-refractivity contribution is 5.87. The van der Waals surface area contributed by atoms with Gasteiger partial charge in [0.15, 0.2) is 23.0 Å². The summed E-state index contributed by atoms with van der Waals surface area (Å²) in [5, 5.41) is 11.2. The fourth-order valence-corrected chi connectivity index (χ4v) is 8.65. The Morgan fingerprint density at radius 1 is 0.667 bits per heavy atom. The number of carbonyl (C=O) groups is 1. The van der Waals surface area contributed by atoms with Gasteiger partial charge < -0.3 is 38.4 Å². The van der Waals surface area contributed by atoms with Gasteiger partial charge in [0.2, 0.25) is 5.91 Å². The van der Waals surface area contributed by atoms with E-state index in [-0.39, 0.29) is 18.6 Å². The molecule has 4 aromatic rings. The molecule has 0 saturated carbocycles. The molecular weight excluding hydrogens is 648 g/mol. The number of fused-ring (bicyclic) bond motifs is 7. The maximum atomic E-state index is 14.8. The van der Waals surface area contributed by atoms with Gasteiger partial charge in [0.1, 0.15) is 24.7 Å². The Kier molecular flexibility index (Phi) is 9.48. The van der Waals surface area contributed by atoms with Crippen molar-refractivity contribution in [2.24, 2.45) is 0 Å². The first-order chi connectivity index (χ1) is 24.8. The minimum absolute atomic E-state index is 0.0658. The summed E-state index contributed by atoms with van der Waals surface area (Å²) >= 11 is 0. The number of amides is 1. The van der Waals surface area contributed by atoms with Crippen molar-refractivity contribution in [1.29, 1.82) is 0 Å². The number of methoxy groups -OCH3 is 4. The van der Waals surface area contributed by atoms with Crippen molar-refractivity contribution in [2.45, 2.75) is 64.1 Å². The van der Waals surface area contributed by atoms with Crippen LogP contribution in [0.4, 0.5) is 0 Å². The molecule has 2 bridgehead atoms. The Morgan fingerprint density at radius 3 is 1.61 bits per heavy atom. The number of likely N-dealkylation sites (N-methyl/N-ethyl adjacent to an activating group) is 1. The third kappa shape index (κ3) is 5.52. The van der Waals surface area contributed by atoms with Gasteiger partial charge in [0.05, 0.1) is 59.2 Å². The zero-order valence-electron chi connectivity index (χ0n) is 30.3. The van der Waals surface area contributed by atoms with Crippen LogP contribution < -0.4 is 28.4 Å².